The molecule has 0 spiro atoms. The molecule has 0 aromatic heterocycles. The van der Waals surface area contributed by atoms with Crippen molar-refractivity contribution in [2.24, 2.45) is 0 Å². The van der Waals surface area contributed by atoms with Gasteiger partial charge in [-0.15, -0.1) is 0 Å². The molecule has 1 N–H and O–H groups in total. The lowest BCUT2D eigenvalue weighted by atomic mass is 10.2. The van der Waals surface area contributed by atoms with Crippen molar-refractivity contribution >= 4 is 17.9 Å². The largest absolute Gasteiger partial charge is 0.466 e. The lowest BCUT2D eigenvalue weighted by molar-refractivity contribution is -0.170. The van der Waals surface area contributed by atoms with E-state index >= 15 is 0 Å². The van der Waals surface area contributed by atoms with E-state index in [0.29, 0.717) is 4.90 Å². The van der Waals surface area contributed by atoms with E-state index in [2.05, 4.69) is 10.1 Å². The third-order valence-electron chi connectivity index (χ3n) is 2.46. The predicted molar refractivity (Wildman–Crippen MR) is 53.6 cm³/mol. The Hall–Kier alpha value is -1.67. The Morgan fingerprint density at radius 1 is 1.35 bits per heavy atom. The predicted octanol–water partition coefficient (Wildman–Crippen LogP) is -0.954. The normalized spacial score (nSPS) is 25.8. The summed E-state index contributed by atoms with van der Waals surface area (Å²) in [4.78, 5) is 35.5. The van der Waals surface area contributed by atoms with Crippen molar-refractivity contribution in [3.8, 4) is 0 Å². The number of carbonyl (C=O) groups excluding carboxylic acids is 3. The number of esters is 1. The van der Waals surface area contributed by atoms with Crippen molar-refractivity contribution in [1.29, 1.82) is 0 Å². The quantitative estimate of drug-likeness (QED) is 0.507. The molecule has 1 aliphatic heterocycles. The van der Waals surface area contributed by atoms with Crippen LogP contribution in [0.5, 0.6) is 0 Å². The summed E-state index contributed by atoms with van der Waals surface area (Å²) < 4.78 is 14.1. The van der Waals surface area contributed by atoms with Gasteiger partial charge in [-0.2, -0.15) is 0 Å². The van der Waals surface area contributed by atoms with Gasteiger partial charge in [0.2, 0.25) is 12.0 Å². The Bertz CT molecular complexity index is 357. The minimum Gasteiger partial charge on any atom is -0.466 e. The van der Waals surface area contributed by atoms with Crippen LogP contribution in [0.3, 0.4) is 0 Å². The number of hydrogen-bond donors (Lipinski definition) is 1. The van der Waals surface area contributed by atoms with Crippen LogP contribution in [0.4, 0.5) is 4.79 Å². The van der Waals surface area contributed by atoms with Gasteiger partial charge in [0.15, 0.2) is 0 Å². The second-order valence-corrected chi connectivity index (χ2v) is 3.45. The van der Waals surface area contributed by atoms with Crippen LogP contribution in [0.1, 0.15) is 6.92 Å². The smallest absolute Gasteiger partial charge is 0.356 e. The fraction of sp³-hybridized carbons (Fsp3) is 0.667. The molecule has 1 saturated heterocycles. The van der Waals surface area contributed by atoms with Gasteiger partial charge < -0.3 is 19.5 Å². The van der Waals surface area contributed by atoms with Crippen molar-refractivity contribution in [2.75, 3.05) is 21.3 Å². The van der Waals surface area contributed by atoms with Gasteiger partial charge in [0.1, 0.15) is 0 Å². The second kappa shape index (κ2) is 4.68. The molecule has 17 heavy (non-hydrogen) atoms. The van der Waals surface area contributed by atoms with Gasteiger partial charge >= 0.3 is 12.0 Å². The Balaban J connectivity index is 3.02. The third kappa shape index (κ3) is 2.08. The number of amides is 3. The van der Waals surface area contributed by atoms with Crippen molar-refractivity contribution < 1.29 is 28.6 Å². The zero-order valence-corrected chi connectivity index (χ0v) is 9.97. The first-order valence-corrected chi connectivity index (χ1v) is 4.73. The van der Waals surface area contributed by atoms with E-state index in [1.807, 2.05) is 0 Å². The first kappa shape index (κ1) is 13.4. The summed E-state index contributed by atoms with van der Waals surface area (Å²) in [6.07, 6.45) is -1.43. The van der Waals surface area contributed by atoms with E-state index < -0.39 is 29.9 Å². The van der Waals surface area contributed by atoms with Crippen LogP contribution in [-0.2, 0) is 23.8 Å². The lowest BCUT2D eigenvalue weighted by Gasteiger charge is -2.23. The number of urea groups is 1. The van der Waals surface area contributed by atoms with Crippen LogP contribution in [-0.4, -0.2) is 56.1 Å². The molecular weight excluding hydrogens is 232 g/mol. The molecule has 0 unspecified atom stereocenters. The highest BCUT2D eigenvalue weighted by atomic mass is 16.6. The highest BCUT2D eigenvalue weighted by molar-refractivity contribution is 6.08. The van der Waals surface area contributed by atoms with E-state index in [4.69, 9.17) is 9.47 Å². The molecule has 2 atom stereocenters. The molecule has 0 aromatic rings. The van der Waals surface area contributed by atoms with Gasteiger partial charge in [0, 0.05) is 14.2 Å². The molecule has 1 heterocycles. The topological polar surface area (TPSA) is 94.2 Å². The molecule has 0 aromatic carbocycles. The average molecular weight is 246 g/mol. The van der Waals surface area contributed by atoms with Crippen molar-refractivity contribution in [1.82, 2.24) is 10.2 Å². The van der Waals surface area contributed by atoms with Crippen molar-refractivity contribution in [3.63, 3.8) is 0 Å². The first-order chi connectivity index (χ1) is 7.91. The molecular formula is C9H14N2O6. The zero-order valence-electron chi connectivity index (χ0n) is 9.97. The summed E-state index contributed by atoms with van der Waals surface area (Å²) in [5.74, 6) is -1.57. The summed E-state index contributed by atoms with van der Waals surface area (Å²) in [5, 5.41) is 2.30. The Morgan fingerprint density at radius 2 is 1.94 bits per heavy atom. The molecule has 0 aliphatic carbocycles. The molecule has 0 saturated carbocycles. The summed E-state index contributed by atoms with van der Waals surface area (Å²) in [6, 6.07) is -0.781. The van der Waals surface area contributed by atoms with Crippen molar-refractivity contribution in [2.45, 2.75) is 18.9 Å². The maximum Gasteiger partial charge on any atom is 0.356 e. The van der Waals surface area contributed by atoms with E-state index in [-0.39, 0.29) is 0 Å². The number of ether oxygens (including phenoxy) is 3. The van der Waals surface area contributed by atoms with E-state index in [9.17, 15) is 14.4 Å². The Morgan fingerprint density at radius 3 is 2.29 bits per heavy atom. The molecule has 96 valence electrons. The summed E-state index contributed by atoms with van der Waals surface area (Å²) >= 11 is 0. The van der Waals surface area contributed by atoms with Crippen LogP contribution in [0, 0.1) is 0 Å². The number of rotatable bonds is 4. The minimum atomic E-state index is -1.50. The summed E-state index contributed by atoms with van der Waals surface area (Å²) in [6.45, 7) is 1.37. The summed E-state index contributed by atoms with van der Waals surface area (Å²) in [7, 11) is 3.58. The molecule has 1 fully saturated rings. The SMILES string of the molecule is COC(=O)[C@H](OC)N1C(=O)N[C@@](C)(OC)C1=O. The molecule has 1 aliphatic rings. The lowest BCUT2D eigenvalue weighted by Crippen LogP contribution is -2.49. The van der Waals surface area contributed by atoms with Gasteiger partial charge in [-0.1, -0.05) is 0 Å². The Labute approximate surface area is 97.8 Å². The number of methoxy groups -OCH3 is 3. The fourth-order valence-electron chi connectivity index (χ4n) is 1.40. The highest BCUT2D eigenvalue weighted by Crippen LogP contribution is 2.21. The first-order valence-electron chi connectivity index (χ1n) is 4.73. The molecule has 1 rings (SSSR count). The van der Waals surface area contributed by atoms with E-state index in [1.54, 1.807) is 0 Å². The minimum absolute atomic E-state index is 0.620. The number of nitrogens with zero attached hydrogens (tertiary/aromatic N) is 1. The highest BCUT2D eigenvalue weighted by Gasteiger charge is 2.53. The van der Waals surface area contributed by atoms with Crippen LogP contribution in [0.25, 0.3) is 0 Å². The second-order valence-electron chi connectivity index (χ2n) is 3.45. The molecule has 8 heteroatoms. The van der Waals surface area contributed by atoms with Gasteiger partial charge in [0.25, 0.3) is 5.91 Å². The molecule has 0 radical (unpaired) electrons. The van der Waals surface area contributed by atoms with Crippen molar-refractivity contribution in [3.05, 3.63) is 0 Å². The van der Waals surface area contributed by atoms with Gasteiger partial charge in [-0.05, 0) is 6.92 Å². The van der Waals surface area contributed by atoms with Crippen LogP contribution in [0.15, 0.2) is 0 Å². The molecule has 3 amide bonds. The number of carbonyl (C=O) groups is 3. The van der Waals surface area contributed by atoms with Crippen LogP contribution < -0.4 is 5.32 Å². The third-order valence-corrected chi connectivity index (χ3v) is 2.46. The van der Waals surface area contributed by atoms with E-state index in [1.165, 1.54) is 21.1 Å². The maximum absolute atomic E-state index is 11.9. The number of nitrogens with one attached hydrogen (secondary N) is 1. The Kier molecular flexibility index (Phi) is 3.69. The standard InChI is InChI=1S/C9H14N2O6/c1-9(17-4)7(13)11(8(14)10-9)5(15-2)6(12)16-3/h5H,1-4H3,(H,10,14)/t5-,9-/m0/s1. The molecule has 8 nitrogen and oxygen atoms in total. The molecule has 0 bridgehead atoms. The van der Waals surface area contributed by atoms with Gasteiger partial charge in [0.05, 0.1) is 7.11 Å². The maximum atomic E-state index is 11.9. The number of imide groups is 1. The zero-order chi connectivity index (χ0) is 13.2. The average Bonchev–Trinajstić information content (AvgIpc) is 2.54. The monoisotopic (exact) mass is 246 g/mol. The van der Waals surface area contributed by atoms with Gasteiger partial charge in [-0.3, -0.25) is 4.79 Å². The van der Waals surface area contributed by atoms with Gasteiger partial charge in [-0.25, -0.2) is 14.5 Å². The van der Waals surface area contributed by atoms with Crippen LogP contribution in [0.2, 0.25) is 0 Å². The number of hydrogen-bond acceptors (Lipinski definition) is 6. The fourth-order valence-corrected chi connectivity index (χ4v) is 1.40. The summed E-state index contributed by atoms with van der Waals surface area (Å²) in [5.41, 5.74) is -1.50. The van der Waals surface area contributed by atoms with Crippen LogP contribution >= 0.6 is 0 Å². The van der Waals surface area contributed by atoms with E-state index in [0.717, 1.165) is 7.11 Å².